The van der Waals surface area contributed by atoms with Gasteiger partial charge in [0, 0.05) is 24.4 Å². The molecule has 3 rings (SSSR count). The SMILES string of the molecule is CO[C@H](Cn1ccnc1-c1ccc(CO)o1)c1cccs1. The van der Waals surface area contributed by atoms with Crippen molar-refractivity contribution in [2.75, 3.05) is 7.11 Å². The minimum atomic E-state index is -0.114. The number of thiophene rings is 1. The monoisotopic (exact) mass is 304 g/mol. The fourth-order valence-electron chi connectivity index (χ4n) is 2.20. The molecule has 1 atom stereocenters. The lowest BCUT2D eigenvalue weighted by molar-refractivity contribution is 0.0910. The third-order valence-corrected chi connectivity index (χ3v) is 4.23. The average Bonchev–Trinajstić information content (AvgIpc) is 3.23. The van der Waals surface area contributed by atoms with E-state index >= 15 is 0 Å². The normalized spacial score (nSPS) is 12.7. The highest BCUT2D eigenvalue weighted by Gasteiger charge is 2.16. The molecule has 0 aliphatic rings. The second kappa shape index (κ2) is 6.26. The van der Waals surface area contributed by atoms with Crippen LogP contribution in [-0.4, -0.2) is 21.8 Å². The van der Waals surface area contributed by atoms with Gasteiger partial charge < -0.3 is 18.8 Å². The van der Waals surface area contributed by atoms with E-state index in [9.17, 15) is 0 Å². The first-order valence-electron chi connectivity index (χ1n) is 6.59. The van der Waals surface area contributed by atoms with Gasteiger partial charge in [-0.05, 0) is 23.6 Å². The number of methoxy groups -OCH3 is 1. The van der Waals surface area contributed by atoms with E-state index in [1.165, 1.54) is 4.88 Å². The maximum absolute atomic E-state index is 9.09. The second-order valence-corrected chi connectivity index (χ2v) is 5.55. The molecule has 0 saturated carbocycles. The Morgan fingerprint density at radius 1 is 1.43 bits per heavy atom. The van der Waals surface area contributed by atoms with Crippen LogP contribution in [0.5, 0.6) is 0 Å². The first-order chi connectivity index (χ1) is 10.3. The second-order valence-electron chi connectivity index (χ2n) is 4.57. The van der Waals surface area contributed by atoms with Crippen molar-refractivity contribution in [3.05, 3.63) is 52.7 Å². The number of nitrogens with zero attached hydrogens (tertiary/aromatic N) is 2. The Hall–Kier alpha value is -1.89. The molecule has 110 valence electrons. The minimum Gasteiger partial charge on any atom is -0.455 e. The summed E-state index contributed by atoms with van der Waals surface area (Å²) in [4.78, 5) is 5.51. The molecule has 0 amide bonds. The average molecular weight is 304 g/mol. The highest BCUT2D eigenvalue weighted by molar-refractivity contribution is 7.10. The first kappa shape index (κ1) is 14.1. The number of ether oxygens (including phenoxy) is 1. The van der Waals surface area contributed by atoms with Crippen molar-refractivity contribution < 1.29 is 14.3 Å². The Bertz CT molecular complexity index is 687. The highest BCUT2D eigenvalue weighted by atomic mass is 32.1. The molecule has 0 aromatic carbocycles. The minimum absolute atomic E-state index is 0.0229. The van der Waals surface area contributed by atoms with E-state index < -0.39 is 0 Å². The van der Waals surface area contributed by atoms with Crippen molar-refractivity contribution in [2.45, 2.75) is 19.3 Å². The first-order valence-corrected chi connectivity index (χ1v) is 7.47. The molecule has 3 heterocycles. The topological polar surface area (TPSA) is 60.4 Å². The summed E-state index contributed by atoms with van der Waals surface area (Å²) in [5.74, 6) is 1.90. The van der Waals surface area contributed by atoms with Crippen molar-refractivity contribution in [1.29, 1.82) is 0 Å². The fraction of sp³-hybridized carbons (Fsp3) is 0.267. The zero-order valence-corrected chi connectivity index (χ0v) is 12.4. The van der Waals surface area contributed by atoms with Crippen LogP contribution >= 0.6 is 11.3 Å². The van der Waals surface area contributed by atoms with E-state index in [4.69, 9.17) is 14.3 Å². The van der Waals surface area contributed by atoms with Crippen LogP contribution in [0.15, 0.2) is 46.5 Å². The molecule has 0 bridgehead atoms. The third kappa shape index (κ3) is 2.92. The van der Waals surface area contributed by atoms with Crippen LogP contribution in [0.1, 0.15) is 16.7 Å². The fourth-order valence-corrected chi connectivity index (χ4v) is 2.99. The molecule has 0 aliphatic heterocycles. The lowest BCUT2D eigenvalue weighted by Crippen LogP contribution is -2.10. The number of aliphatic hydroxyl groups excluding tert-OH is 1. The summed E-state index contributed by atoms with van der Waals surface area (Å²) in [7, 11) is 1.71. The number of hydrogen-bond donors (Lipinski definition) is 1. The quantitative estimate of drug-likeness (QED) is 0.760. The number of furan rings is 1. The van der Waals surface area contributed by atoms with Crippen LogP contribution in [0.25, 0.3) is 11.6 Å². The highest BCUT2D eigenvalue weighted by Crippen LogP contribution is 2.27. The Labute approximate surface area is 126 Å². The maximum atomic E-state index is 9.09. The van der Waals surface area contributed by atoms with E-state index in [0.717, 1.165) is 5.82 Å². The molecular formula is C15H16N2O3S. The zero-order chi connectivity index (χ0) is 14.7. The summed E-state index contributed by atoms with van der Waals surface area (Å²) in [6.45, 7) is 0.540. The predicted octanol–water partition coefficient (Wildman–Crippen LogP) is 3.08. The van der Waals surface area contributed by atoms with Crippen molar-refractivity contribution >= 4 is 11.3 Å². The maximum Gasteiger partial charge on any atom is 0.176 e. The molecule has 1 N–H and O–H groups in total. The van der Waals surface area contributed by atoms with Gasteiger partial charge in [0.25, 0.3) is 0 Å². The van der Waals surface area contributed by atoms with Crippen LogP contribution in [0, 0.1) is 0 Å². The lowest BCUT2D eigenvalue weighted by Gasteiger charge is -2.15. The van der Waals surface area contributed by atoms with Gasteiger partial charge >= 0.3 is 0 Å². The molecule has 6 heteroatoms. The third-order valence-electron chi connectivity index (χ3n) is 3.26. The smallest absolute Gasteiger partial charge is 0.176 e. The van der Waals surface area contributed by atoms with Crippen LogP contribution < -0.4 is 0 Å². The molecule has 0 aliphatic carbocycles. The molecule has 3 aromatic rings. The summed E-state index contributed by atoms with van der Waals surface area (Å²) in [6, 6.07) is 7.64. The standard InChI is InChI=1S/C15H16N2O3S/c1-19-13(14-3-2-8-21-14)9-17-7-6-16-15(17)12-5-4-11(10-18)20-12/h2-8,13,18H,9-10H2,1H3/t13-/m1/s1. The largest absolute Gasteiger partial charge is 0.455 e. The molecule has 0 radical (unpaired) electrons. The van der Waals surface area contributed by atoms with Crippen LogP contribution in [0.3, 0.4) is 0 Å². The molecule has 5 nitrogen and oxygen atoms in total. The van der Waals surface area contributed by atoms with Gasteiger partial charge in [-0.1, -0.05) is 6.07 Å². The number of hydrogen-bond acceptors (Lipinski definition) is 5. The number of aromatic nitrogens is 2. The van der Waals surface area contributed by atoms with Crippen LogP contribution in [0.2, 0.25) is 0 Å². The number of imidazole rings is 1. The van der Waals surface area contributed by atoms with E-state index in [0.29, 0.717) is 18.1 Å². The van der Waals surface area contributed by atoms with Crippen molar-refractivity contribution in [3.63, 3.8) is 0 Å². The molecule has 3 aromatic heterocycles. The van der Waals surface area contributed by atoms with Crippen LogP contribution in [-0.2, 0) is 17.9 Å². The molecule has 0 spiro atoms. The molecule has 0 unspecified atom stereocenters. The number of rotatable bonds is 6. The zero-order valence-electron chi connectivity index (χ0n) is 11.6. The van der Waals surface area contributed by atoms with Gasteiger partial charge in [0.2, 0.25) is 0 Å². The molecule has 21 heavy (non-hydrogen) atoms. The Morgan fingerprint density at radius 3 is 3.00 bits per heavy atom. The van der Waals surface area contributed by atoms with Crippen LogP contribution in [0.4, 0.5) is 0 Å². The van der Waals surface area contributed by atoms with E-state index in [2.05, 4.69) is 11.1 Å². The molecular weight excluding hydrogens is 288 g/mol. The van der Waals surface area contributed by atoms with E-state index in [-0.39, 0.29) is 12.7 Å². The van der Waals surface area contributed by atoms with Crippen molar-refractivity contribution in [1.82, 2.24) is 9.55 Å². The van der Waals surface area contributed by atoms with E-state index in [1.807, 2.05) is 28.3 Å². The van der Waals surface area contributed by atoms with Gasteiger partial charge in [-0.15, -0.1) is 11.3 Å². The van der Waals surface area contributed by atoms with E-state index in [1.54, 1.807) is 30.7 Å². The van der Waals surface area contributed by atoms with Crippen molar-refractivity contribution in [2.24, 2.45) is 0 Å². The molecule has 0 saturated heterocycles. The lowest BCUT2D eigenvalue weighted by atomic mass is 10.3. The van der Waals surface area contributed by atoms with Gasteiger partial charge in [-0.2, -0.15) is 0 Å². The number of aliphatic hydroxyl groups is 1. The predicted molar refractivity (Wildman–Crippen MR) is 79.9 cm³/mol. The van der Waals surface area contributed by atoms with Gasteiger partial charge in [0.15, 0.2) is 11.6 Å². The summed E-state index contributed by atoms with van der Waals surface area (Å²) >= 11 is 1.67. The van der Waals surface area contributed by atoms with Gasteiger partial charge in [0.1, 0.15) is 18.5 Å². The van der Waals surface area contributed by atoms with Crippen molar-refractivity contribution in [3.8, 4) is 11.6 Å². The Morgan fingerprint density at radius 2 is 2.33 bits per heavy atom. The summed E-state index contributed by atoms with van der Waals surface area (Å²) in [5.41, 5.74) is 0. The summed E-state index contributed by atoms with van der Waals surface area (Å²) < 4.78 is 13.1. The Balaban J connectivity index is 1.85. The summed E-state index contributed by atoms with van der Waals surface area (Å²) in [5, 5.41) is 11.1. The molecule has 0 fully saturated rings. The van der Waals surface area contributed by atoms with Gasteiger partial charge in [-0.3, -0.25) is 0 Å². The van der Waals surface area contributed by atoms with Gasteiger partial charge in [-0.25, -0.2) is 4.98 Å². The van der Waals surface area contributed by atoms with Gasteiger partial charge in [0.05, 0.1) is 6.54 Å². The Kier molecular flexibility index (Phi) is 4.19. The summed E-state index contributed by atoms with van der Waals surface area (Å²) in [6.07, 6.45) is 3.61.